The number of hydrogen-bond donors (Lipinski definition) is 1. The zero-order valence-corrected chi connectivity index (χ0v) is 21.5. The Morgan fingerprint density at radius 2 is 2.09 bits per heavy atom. The summed E-state index contributed by atoms with van der Waals surface area (Å²) < 4.78 is 25.8. The molecule has 3 heterocycles. The van der Waals surface area contributed by atoms with Crippen molar-refractivity contribution in [2.24, 2.45) is 0 Å². The lowest BCUT2D eigenvalue weighted by Gasteiger charge is -2.34. The third-order valence-corrected chi connectivity index (χ3v) is 6.81. The summed E-state index contributed by atoms with van der Waals surface area (Å²) in [4.78, 5) is 28.2. The number of rotatable bonds is 5. The Morgan fingerprint density at radius 1 is 1.29 bits per heavy atom. The molecule has 3 aromatic rings. The molecule has 1 aliphatic rings. The molecule has 0 aliphatic carbocycles. The highest BCUT2D eigenvalue weighted by Gasteiger charge is 2.29. The molecule has 2 aromatic heterocycles. The third-order valence-electron chi connectivity index (χ3n) is 5.21. The van der Waals surface area contributed by atoms with Gasteiger partial charge in [0.05, 0.1) is 17.3 Å². The number of carbonyl (C=O) groups is 1. The van der Waals surface area contributed by atoms with Crippen molar-refractivity contribution in [3.8, 4) is 16.5 Å². The van der Waals surface area contributed by atoms with Gasteiger partial charge in [-0.15, -0.1) is 11.3 Å². The summed E-state index contributed by atoms with van der Waals surface area (Å²) in [5.74, 6) is 0.626. The number of hydrogen-bond acceptors (Lipinski definition) is 9. The average molecular weight is 506 g/mol. The van der Waals surface area contributed by atoms with Crippen molar-refractivity contribution >= 4 is 45.2 Å². The molecule has 1 saturated heterocycles. The fourth-order valence-corrected chi connectivity index (χ4v) is 5.09. The summed E-state index contributed by atoms with van der Waals surface area (Å²) in [5, 5.41) is 4.68. The third kappa shape index (κ3) is 5.52. The van der Waals surface area contributed by atoms with Gasteiger partial charge in [-0.2, -0.15) is 4.98 Å². The minimum absolute atomic E-state index is 0.0406. The van der Waals surface area contributed by atoms with Gasteiger partial charge in [0.2, 0.25) is 5.88 Å². The van der Waals surface area contributed by atoms with Crippen molar-refractivity contribution in [2.75, 3.05) is 31.8 Å². The van der Waals surface area contributed by atoms with E-state index in [1.165, 1.54) is 35.2 Å². The Balaban J connectivity index is 1.67. The Kier molecular flexibility index (Phi) is 7.13. The van der Waals surface area contributed by atoms with Gasteiger partial charge in [0.25, 0.3) is 0 Å². The van der Waals surface area contributed by atoms with Gasteiger partial charge in [-0.05, 0) is 52.0 Å². The zero-order valence-electron chi connectivity index (χ0n) is 19.8. The number of carbonyl (C=O) groups excluding carboxylic acids is 1. The zero-order chi connectivity index (χ0) is 24.5. The van der Waals surface area contributed by atoms with Crippen LogP contribution < -0.4 is 10.1 Å². The SMILES string of the molecule is COc1nc(SC)nc(NC2CCCN(C(=O)OC(C)(C)C)C2)c1-c1nc2cc(F)ccc2s1. The van der Waals surface area contributed by atoms with Crippen LogP contribution in [0.3, 0.4) is 0 Å². The van der Waals surface area contributed by atoms with Gasteiger partial charge in [0, 0.05) is 25.2 Å². The number of likely N-dealkylation sites (tertiary alicyclic amines) is 1. The largest absolute Gasteiger partial charge is 0.480 e. The highest BCUT2D eigenvalue weighted by molar-refractivity contribution is 7.98. The first-order valence-electron chi connectivity index (χ1n) is 11.0. The van der Waals surface area contributed by atoms with Crippen molar-refractivity contribution < 1.29 is 18.7 Å². The monoisotopic (exact) mass is 505 g/mol. The average Bonchev–Trinajstić information content (AvgIpc) is 3.20. The number of thioether (sulfide) groups is 1. The number of benzene rings is 1. The van der Waals surface area contributed by atoms with Gasteiger partial charge in [0.15, 0.2) is 5.16 Å². The summed E-state index contributed by atoms with van der Waals surface area (Å²) in [7, 11) is 1.55. The molecular weight excluding hydrogens is 477 g/mol. The second-order valence-electron chi connectivity index (χ2n) is 8.98. The second-order valence-corrected chi connectivity index (χ2v) is 10.8. The van der Waals surface area contributed by atoms with Crippen LogP contribution in [0.4, 0.5) is 15.0 Å². The van der Waals surface area contributed by atoms with E-state index in [1.54, 1.807) is 18.1 Å². The first kappa shape index (κ1) is 24.5. The van der Waals surface area contributed by atoms with Gasteiger partial charge >= 0.3 is 6.09 Å². The van der Waals surface area contributed by atoms with Gasteiger partial charge in [-0.3, -0.25) is 0 Å². The number of anilines is 1. The van der Waals surface area contributed by atoms with Gasteiger partial charge < -0.3 is 19.7 Å². The first-order valence-corrected chi connectivity index (χ1v) is 13.0. The van der Waals surface area contributed by atoms with E-state index in [2.05, 4.69) is 15.3 Å². The van der Waals surface area contributed by atoms with Crippen molar-refractivity contribution in [3.05, 3.63) is 24.0 Å². The fourth-order valence-electron chi connectivity index (χ4n) is 3.74. The molecule has 4 rings (SSSR count). The highest BCUT2D eigenvalue weighted by atomic mass is 32.2. The highest BCUT2D eigenvalue weighted by Crippen LogP contribution is 2.40. The van der Waals surface area contributed by atoms with E-state index in [9.17, 15) is 9.18 Å². The van der Waals surface area contributed by atoms with Crippen LogP contribution in [0.2, 0.25) is 0 Å². The van der Waals surface area contributed by atoms with Crippen LogP contribution in [-0.2, 0) is 4.74 Å². The quantitative estimate of drug-likeness (QED) is 0.362. The molecule has 11 heteroatoms. The number of amides is 1. The van der Waals surface area contributed by atoms with E-state index in [0.717, 1.165) is 17.5 Å². The number of thiazole rings is 1. The maximum Gasteiger partial charge on any atom is 0.410 e. The minimum Gasteiger partial charge on any atom is -0.480 e. The first-order chi connectivity index (χ1) is 16.2. The lowest BCUT2D eigenvalue weighted by atomic mass is 10.1. The number of piperidine rings is 1. The Hall–Kier alpha value is -2.66. The van der Waals surface area contributed by atoms with E-state index in [1.807, 2.05) is 27.0 Å². The lowest BCUT2D eigenvalue weighted by Crippen LogP contribution is -2.47. The lowest BCUT2D eigenvalue weighted by molar-refractivity contribution is 0.0206. The molecular formula is C23H28FN5O3S2. The molecule has 182 valence electrons. The standard InChI is InChI=1S/C23H28FN5O3S2/c1-23(2,3)32-22(30)29-10-6-7-14(12-29)25-18-17(19(31-4)28-21(27-18)33-5)20-26-15-11-13(24)8-9-16(15)34-20/h8-9,11,14H,6-7,10,12H2,1-5H3,(H,25,27,28). The summed E-state index contributed by atoms with van der Waals surface area (Å²) in [6.45, 7) is 6.71. The number of nitrogens with zero attached hydrogens (tertiary/aromatic N) is 4. The van der Waals surface area contributed by atoms with Crippen LogP contribution in [0.15, 0.2) is 23.4 Å². The molecule has 8 nitrogen and oxygen atoms in total. The van der Waals surface area contributed by atoms with Crippen LogP contribution in [0, 0.1) is 5.82 Å². The number of ether oxygens (including phenoxy) is 2. The molecule has 34 heavy (non-hydrogen) atoms. The van der Waals surface area contributed by atoms with Crippen LogP contribution in [0.25, 0.3) is 20.8 Å². The summed E-state index contributed by atoms with van der Waals surface area (Å²) >= 11 is 2.82. The number of nitrogens with one attached hydrogen (secondary N) is 1. The number of aromatic nitrogens is 3. The van der Waals surface area contributed by atoms with Crippen molar-refractivity contribution in [2.45, 2.75) is 50.4 Å². The van der Waals surface area contributed by atoms with Crippen LogP contribution in [-0.4, -0.2) is 64.0 Å². The molecule has 1 fully saturated rings. The van der Waals surface area contributed by atoms with Gasteiger partial charge in [-0.25, -0.2) is 19.2 Å². The van der Waals surface area contributed by atoms with Crippen molar-refractivity contribution in [3.63, 3.8) is 0 Å². The molecule has 1 amide bonds. The van der Waals surface area contributed by atoms with Crippen molar-refractivity contribution in [1.82, 2.24) is 19.9 Å². The van der Waals surface area contributed by atoms with Crippen LogP contribution in [0.1, 0.15) is 33.6 Å². The van der Waals surface area contributed by atoms with E-state index >= 15 is 0 Å². The predicted molar refractivity (Wildman–Crippen MR) is 133 cm³/mol. The minimum atomic E-state index is -0.551. The van der Waals surface area contributed by atoms with Gasteiger partial charge in [-0.1, -0.05) is 11.8 Å². The normalized spacial score (nSPS) is 16.5. The number of halogens is 1. The molecule has 0 bridgehead atoms. The molecule has 0 saturated carbocycles. The van der Waals surface area contributed by atoms with E-state index in [4.69, 9.17) is 14.5 Å². The van der Waals surface area contributed by atoms with Crippen molar-refractivity contribution in [1.29, 1.82) is 0 Å². The fraction of sp³-hybridized carbons (Fsp3) is 0.478. The molecule has 0 spiro atoms. The Morgan fingerprint density at radius 3 is 2.79 bits per heavy atom. The van der Waals surface area contributed by atoms with Gasteiger partial charge in [0.1, 0.15) is 27.8 Å². The number of fused-ring (bicyclic) bond motifs is 1. The second kappa shape index (κ2) is 9.91. The maximum atomic E-state index is 13.7. The maximum absolute atomic E-state index is 13.7. The molecule has 1 aromatic carbocycles. The van der Waals surface area contributed by atoms with E-state index in [-0.39, 0.29) is 18.0 Å². The Labute approximate surface area is 206 Å². The van der Waals surface area contributed by atoms with E-state index < -0.39 is 5.60 Å². The summed E-state index contributed by atoms with van der Waals surface area (Å²) in [6.07, 6.45) is 3.27. The molecule has 1 unspecified atom stereocenters. The molecule has 1 N–H and O–H groups in total. The predicted octanol–water partition coefficient (Wildman–Crippen LogP) is 5.43. The molecule has 1 atom stereocenters. The van der Waals surface area contributed by atoms with Crippen LogP contribution >= 0.6 is 23.1 Å². The molecule has 1 aliphatic heterocycles. The molecule has 0 radical (unpaired) electrons. The summed E-state index contributed by atoms with van der Waals surface area (Å²) in [5.41, 5.74) is 0.636. The van der Waals surface area contributed by atoms with E-state index in [0.29, 0.717) is 46.0 Å². The Bertz CT molecular complexity index is 1200. The smallest absolute Gasteiger partial charge is 0.410 e. The number of methoxy groups -OCH3 is 1. The summed E-state index contributed by atoms with van der Waals surface area (Å²) in [6, 6.07) is 4.50. The topological polar surface area (TPSA) is 89.5 Å². The van der Waals surface area contributed by atoms with Crippen LogP contribution in [0.5, 0.6) is 5.88 Å².